The van der Waals surface area contributed by atoms with Gasteiger partial charge in [0, 0.05) is 31.4 Å². The molecule has 1 heterocycles. The summed E-state index contributed by atoms with van der Waals surface area (Å²) in [5, 5.41) is 23.1. The first-order valence-electron chi connectivity index (χ1n) is 14.0. The van der Waals surface area contributed by atoms with Crippen molar-refractivity contribution in [3.05, 3.63) is 26.6 Å². The molecule has 0 saturated carbocycles. The molecule has 16 heteroatoms. The molecule has 1 unspecified atom stereocenters. The average molecular weight is 689 g/mol. The maximum absolute atomic E-state index is 11.8. The standard InChI is InChI=1S/C26H44N5O8.2ClH.Mn.4H2/c1-5-23(32)36-15-19-11-27-9-10-28-20(16-37-24(33)6-2)12-30-22(18-39-26(35)8-4)14-31-21(13-29-19)17-38-25(34)7-3;;;;;;;/h19-22H,5-18H2,1-4H3;2*1H;;4*1H/q-5;;;+2;;;;/p-2/t19?,20-,21-,22-;;;;;;;/m1......./s1. The van der Waals surface area contributed by atoms with Crippen molar-refractivity contribution in [2.24, 2.45) is 0 Å². The van der Waals surface area contributed by atoms with E-state index < -0.39 is 24.2 Å². The molecule has 4 atom stereocenters. The number of halogens is 2. The quantitative estimate of drug-likeness (QED) is 0.146. The molecule has 1 fully saturated rings. The van der Waals surface area contributed by atoms with Gasteiger partial charge in [-0.2, -0.15) is 39.3 Å². The van der Waals surface area contributed by atoms with Gasteiger partial charge in [-0.3, -0.25) is 19.2 Å². The normalized spacial score (nSPS) is 22.2. The zero-order valence-electron chi connectivity index (χ0n) is 24.8. The van der Waals surface area contributed by atoms with Crippen LogP contribution in [0.1, 0.15) is 59.1 Å². The Morgan fingerprint density at radius 2 is 0.857 bits per heavy atom. The minimum Gasteiger partial charge on any atom is 0 e. The van der Waals surface area contributed by atoms with Gasteiger partial charge in [0.05, 0.1) is 26.4 Å². The largest absolute Gasteiger partial charge is 0 e. The van der Waals surface area contributed by atoms with Gasteiger partial charge in [0.1, 0.15) is 0 Å². The summed E-state index contributed by atoms with van der Waals surface area (Å²) >= 11 is 0.00694. The molecule has 0 aromatic carbocycles. The van der Waals surface area contributed by atoms with E-state index in [-0.39, 0.29) is 114 Å². The van der Waals surface area contributed by atoms with E-state index in [1.54, 1.807) is 27.7 Å². The monoisotopic (exact) mass is 687 g/mol. The maximum Gasteiger partial charge on any atom is 0 e. The molecule has 0 bridgehead atoms. The molecule has 1 aliphatic heterocycles. The Hall–Kier alpha value is -1.22. The Morgan fingerprint density at radius 3 is 1.17 bits per heavy atom. The zero-order valence-corrected chi connectivity index (χ0v) is 27.5. The molecular formula is C26H52Cl2MnN5O8-5. The summed E-state index contributed by atoms with van der Waals surface area (Å²) in [7, 11) is 9.59. The van der Waals surface area contributed by atoms with E-state index in [0.29, 0.717) is 19.6 Å². The fraction of sp³-hybridized carbons (Fsp3) is 0.846. The van der Waals surface area contributed by atoms with Gasteiger partial charge in [0.15, 0.2) is 0 Å². The van der Waals surface area contributed by atoms with Crippen LogP contribution >= 0.6 is 20.2 Å². The van der Waals surface area contributed by atoms with Crippen molar-refractivity contribution in [3.8, 4) is 0 Å². The minimum atomic E-state index is -0.472. The number of rotatable bonds is 12. The van der Waals surface area contributed by atoms with Crippen molar-refractivity contribution < 1.29 is 57.0 Å². The van der Waals surface area contributed by atoms with Crippen LogP contribution < -0.4 is 0 Å². The van der Waals surface area contributed by atoms with Gasteiger partial charge in [-0.1, -0.05) is 27.7 Å². The van der Waals surface area contributed by atoms with Gasteiger partial charge >= 0.3 is 57.2 Å². The summed E-state index contributed by atoms with van der Waals surface area (Å²) in [6.07, 6.45) is 0.976. The fourth-order valence-electron chi connectivity index (χ4n) is 3.18. The molecule has 1 aliphatic rings. The third-order valence-corrected chi connectivity index (χ3v) is 5.61. The van der Waals surface area contributed by atoms with Crippen molar-refractivity contribution in [2.45, 2.75) is 77.5 Å². The third-order valence-electron chi connectivity index (χ3n) is 5.61. The second kappa shape index (κ2) is 27.3. The van der Waals surface area contributed by atoms with Crippen LogP contribution in [0.15, 0.2) is 0 Å². The molecule has 0 aromatic heterocycles. The summed E-state index contributed by atoms with van der Waals surface area (Å²) in [5.41, 5.74) is 0. The van der Waals surface area contributed by atoms with Crippen LogP contribution in [0.25, 0.3) is 26.6 Å². The van der Waals surface area contributed by atoms with Crippen LogP contribution in [0.5, 0.6) is 0 Å². The van der Waals surface area contributed by atoms with Gasteiger partial charge in [-0.15, -0.1) is 24.2 Å². The topological polar surface area (TPSA) is 176 Å². The second-order valence-corrected chi connectivity index (χ2v) is 10.9. The van der Waals surface area contributed by atoms with Crippen molar-refractivity contribution >= 4 is 44.1 Å². The number of carbonyl (C=O) groups is 4. The molecule has 13 nitrogen and oxygen atoms in total. The second-order valence-electron chi connectivity index (χ2n) is 8.95. The number of hydrogen-bond acceptors (Lipinski definition) is 8. The van der Waals surface area contributed by atoms with Crippen molar-refractivity contribution in [1.29, 1.82) is 0 Å². The van der Waals surface area contributed by atoms with Crippen LogP contribution in [-0.4, -0.2) is 114 Å². The van der Waals surface area contributed by atoms with E-state index in [1.807, 2.05) is 0 Å². The van der Waals surface area contributed by atoms with Crippen LogP contribution in [0.2, 0.25) is 0 Å². The van der Waals surface area contributed by atoms with E-state index in [1.165, 1.54) is 0 Å². The Kier molecular flexibility index (Phi) is 26.5. The third kappa shape index (κ3) is 22.3. The van der Waals surface area contributed by atoms with E-state index in [2.05, 4.69) is 26.6 Å². The molecule has 255 valence electrons. The number of nitrogens with zero attached hydrogens (tertiary/aromatic N) is 5. The van der Waals surface area contributed by atoms with E-state index in [0.717, 1.165) is 0 Å². The summed E-state index contributed by atoms with van der Waals surface area (Å²) < 4.78 is 21.2. The van der Waals surface area contributed by atoms with Crippen LogP contribution in [0.4, 0.5) is 0 Å². The first-order chi connectivity index (χ1) is 20.2. The predicted octanol–water partition coefficient (Wildman–Crippen LogP) is 5.52. The van der Waals surface area contributed by atoms with Gasteiger partial charge in [0.25, 0.3) is 0 Å². The number of carbonyl (C=O) groups excluding carboxylic acids is 4. The van der Waals surface area contributed by atoms with Gasteiger partial charge in [-0.25, -0.2) is 0 Å². The number of ether oxygens (including phenoxy) is 4. The molecule has 1 rings (SSSR count). The fourth-order valence-corrected chi connectivity index (χ4v) is 3.18. The zero-order chi connectivity index (χ0) is 31.6. The summed E-state index contributed by atoms with van der Waals surface area (Å²) in [5.74, 6) is -1.36. The molecule has 0 spiro atoms. The summed E-state index contributed by atoms with van der Waals surface area (Å²) in [4.78, 5) is 47.0. The van der Waals surface area contributed by atoms with Crippen molar-refractivity contribution in [1.82, 2.24) is 0 Å². The Bertz CT molecular complexity index is 721. The van der Waals surface area contributed by atoms with Gasteiger partial charge in [0.2, 0.25) is 0 Å². The maximum atomic E-state index is 11.8. The Labute approximate surface area is 270 Å². The number of hydrogen-bond donors (Lipinski definition) is 0. The van der Waals surface area contributed by atoms with Crippen LogP contribution in [0.3, 0.4) is 0 Å². The summed E-state index contributed by atoms with van der Waals surface area (Å²) in [6, 6.07) is -1.73. The molecule has 0 amide bonds. The van der Waals surface area contributed by atoms with E-state index in [4.69, 9.17) is 39.1 Å². The van der Waals surface area contributed by atoms with Crippen molar-refractivity contribution in [3.63, 3.8) is 0 Å². The van der Waals surface area contributed by atoms with E-state index in [9.17, 15) is 19.2 Å². The first kappa shape index (κ1) is 40.8. The molecule has 0 radical (unpaired) electrons. The number of esters is 4. The van der Waals surface area contributed by atoms with Crippen LogP contribution in [-0.2, 0) is 51.3 Å². The van der Waals surface area contributed by atoms with Gasteiger partial charge in [-0.05, 0) is 0 Å². The van der Waals surface area contributed by atoms with Crippen LogP contribution in [0, 0.1) is 0 Å². The average Bonchev–Trinajstić information content (AvgIpc) is 3.00. The SMILES string of the molecule is CCC(=O)OCC1C[N-]CC[N-][C@@H](COC(=O)CC)C[N-][C@@H](COC(=O)CC)C[N-][C@@H](COC(=O)CC)C[N-]1.[Cl][Mn][Cl].[HH].[HH].[HH].[HH]. The molecule has 0 N–H and O–H groups in total. The first-order valence-corrected chi connectivity index (χ1v) is 17.3. The Morgan fingerprint density at radius 1 is 0.571 bits per heavy atom. The Balaban J connectivity index is -0.000000768. The van der Waals surface area contributed by atoms with Crippen molar-refractivity contribution in [2.75, 3.05) is 65.7 Å². The predicted molar refractivity (Wildman–Crippen MR) is 166 cm³/mol. The molecular weight excluding hydrogens is 636 g/mol. The minimum absolute atomic E-state index is 0. The molecule has 1 saturated heterocycles. The van der Waals surface area contributed by atoms with Gasteiger partial charge < -0.3 is 45.5 Å². The summed E-state index contributed by atoms with van der Waals surface area (Å²) in [6.45, 7) is 8.84. The molecule has 0 aromatic rings. The molecule has 0 aliphatic carbocycles. The van der Waals surface area contributed by atoms with E-state index >= 15 is 0 Å². The smallest absolute Gasteiger partial charge is 0 e. The molecule has 42 heavy (non-hydrogen) atoms.